The molecule has 0 unspecified atom stereocenters. The van der Waals surface area contributed by atoms with Gasteiger partial charge in [-0.1, -0.05) is 0 Å². The van der Waals surface area contributed by atoms with Gasteiger partial charge in [-0.3, -0.25) is 4.79 Å². The summed E-state index contributed by atoms with van der Waals surface area (Å²) in [7, 11) is 0. The quantitative estimate of drug-likeness (QED) is 0.809. The largest absolute Gasteiger partial charge is 0.388 e. The lowest BCUT2D eigenvalue weighted by molar-refractivity contribution is -0.122. The van der Waals surface area contributed by atoms with Crippen LogP contribution >= 0.6 is 0 Å². The summed E-state index contributed by atoms with van der Waals surface area (Å²) in [6.45, 7) is 1.62. The third-order valence-corrected chi connectivity index (χ3v) is 4.79. The molecule has 0 radical (unpaired) electrons. The minimum absolute atomic E-state index is 0.0863. The molecule has 0 bridgehead atoms. The second kappa shape index (κ2) is 5.03. The number of rotatable bonds is 1. The summed E-state index contributed by atoms with van der Waals surface area (Å²) < 4.78 is 5.76. The summed E-state index contributed by atoms with van der Waals surface area (Å²) in [5.41, 5.74) is 1.52. The molecule has 1 aromatic heterocycles. The van der Waals surface area contributed by atoms with Crippen molar-refractivity contribution in [1.82, 2.24) is 20.3 Å². The molecule has 2 fully saturated rings. The van der Waals surface area contributed by atoms with Gasteiger partial charge in [0.15, 0.2) is 0 Å². The lowest BCUT2D eigenvalue weighted by Gasteiger charge is -2.42. The number of aliphatic hydroxyl groups is 1. The van der Waals surface area contributed by atoms with E-state index in [1.54, 1.807) is 23.1 Å². The molecular weight excluding hydrogens is 284 g/mol. The number of hydrogen-bond donors (Lipinski definition) is 2. The molecule has 2 N–H and O–H groups in total. The second-order valence-electron chi connectivity index (χ2n) is 6.06. The molecule has 0 saturated carbocycles. The van der Waals surface area contributed by atoms with Crippen LogP contribution in [0.2, 0.25) is 0 Å². The number of hydrogen-bond acceptors (Lipinski definition) is 5. The van der Waals surface area contributed by atoms with Gasteiger partial charge in [0.25, 0.3) is 5.91 Å². The third-order valence-electron chi connectivity index (χ3n) is 4.79. The molecule has 2 saturated heterocycles. The van der Waals surface area contributed by atoms with E-state index in [0.29, 0.717) is 37.2 Å². The Balaban J connectivity index is 1.53. The van der Waals surface area contributed by atoms with Crippen LogP contribution in [0.4, 0.5) is 0 Å². The fourth-order valence-corrected chi connectivity index (χ4v) is 3.48. The number of H-pyrrole nitrogens is 1. The lowest BCUT2D eigenvalue weighted by atomic mass is 9.86. The monoisotopic (exact) mass is 302 g/mol. The highest BCUT2D eigenvalue weighted by atomic mass is 16.5. The van der Waals surface area contributed by atoms with E-state index in [-0.39, 0.29) is 5.91 Å². The number of aromatic nitrogens is 3. The number of aromatic amines is 1. The summed E-state index contributed by atoms with van der Waals surface area (Å²) in [5.74, 6) is -0.0863. The van der Waals surface area contributed by atoms with E-state index in [1.165, 1.54) is 0 Å². The number of aliphatic hydroxyl groups excluding tert-OH is 1. The lowest BCUT2D eigenvalue weighted by Crippen LogP contribution is -2.56. The van der Waals surface area contributed by atoms with Crippen LogP contribution in [0.15, 0.2) is 18.2 Å². The zero-order valence-corrected chi connectivity index (χ0v) is 12.2. The third kappa shape index (κ3) is 2.08. The summed E-state index contributed by atoms with van der Waals surface area (Å²) in [5, 5.41) is 20.9. The van der Waals surface area contributed by atoms with Gasteiger partial charge in [-0.25, -0.2) is 0 Å². The van der Waals surface area contributed by atoms with Gasteiger partial charge in [0.1, 0.15) is 17.1 Å². The van der Waals surface area contributed by atoms with Gasteiger partial charge in [0, 0.05) is 25.3 Å². The average molecular weight is 302 g/mol. The molecule has 22 heavy (non-hydrogen) atoms. The van der Waals surface area contributed by atoms with Crippen molar-refractivity contribution in [2.24, 2.45) is 0 Å². The van der Waals surface area contributed by atoms with Crippen molar-refractivity contribution in [3.63, 3.8) is 0 Å². The first-order valence-corrected chi connectivity index (χ1v) is 7.60. The summed E-state index contributed by atoms with van der Waals surface area (Å²) >= 11 is 0. The van der Waals surface area contributed by atoms with Crippen molar-refractivity contribution in [3.05, 3.63) is 23.8 Å². The molecule has 2 atom stereocenters. The minimum Gasteiger partial charge on any atom is -0.388 e. The maximum atomic E-state index is 12.6. The van der Waals surface area contributed by atoms with E-state index in [0.717, 1.165) is 18.4 Å². The Morgan fingerprint density at radius 1 is 1.36 bits per heavy atom. The number of carbonyl (C=O) groups is 1. The number of likely N-dealkylation sites (tertiary alicyclic amines) is 1. The fraction of sp³-hybridized carbons (Fsp3) is 0.533. The van der Waals surface area contributed by atoms with E-state index in [9.17, 15) is 9.90 Å². The molecule has 7 heteroatoms. The smallest absolute Gasteiger partial charge is 0.254 e. The molecule has 4 rings (SSSR count). The van der Waals surface area contributed by atoms with Crippen molar-refractivity contribution >= 4 is 16.9 Å². The maximum Gasteiger partial charge on any atom is 0.254 e. The molecule has 2 aliphatic heterocycles. The maximum absolute atomic E-state index is 12.6. The first kappa shape index (κ1) is 13.7. The number of carbonyl (C=O) groups excluding carboxylic acids is 1. The molecule has 2 aliphatic rings. The van der Waals surface area contributed by atoms with Gasteiger partial charge in [-0.15, -0.1) is 0 Å². The standard InChI is InChI=1S/C15H18N4O3/c20-13-9-19(6-5-15(13)4-1-7-22-15)14(21)10-2-3-11-12(8-10)17-18-16-11/h2-3,8,13,20H,1,4-7,9H2,(H,16,17,18)/t13-,15-/m0/s1. The van der Waals surface area contributed by atoms with Crippen molar-refractivity contribution in [1.29, 1.82) is 0 Å². The van der Waals surface area contributed by atoms with Gasteiger partial charge >= 0.3 is 0 Å². The summed E-state index contributed by atoms with van der Waals surface area (Å²) in [6, 6.07) is 5.24. The van der Waals surface area contributed by atoms with Gasteiger partial charge in [0.05, 0.1) is 5.60 Å². The highest BCUT2D eigenvalue weighted by Crippen LogP contribution is 2.36. The van der Waals surface area contributed by atoms with Gasteiger partial charge < -0.3 is 14.7 Å². The summed E-state index contributed by atoms with van der Waals surface area (Å²) in [6.07, 6.45) is 1.92. The Bertz CT molecular complexity index is 708. The number of β-amino-alcohol motifs (C(OH)–C–C–N with tert-alkyl or cyclic N) is 1. The predicted molar refractivity (Wildman–Crippen MR) is 78.3 cm³/mol. The van der Waals surface area contributed by atoms with Crippen molar-refractivity contribution < 1.29 is 14.6 Å². The number of piperidine rings is 1. The number of nitrogens with zero attached hydrogens (tertiary/aromatic N) is 3. The fourth-order valence-electron chi connectivity index (χ4n) is 3.48. The Morgan fingerprint density at radius 3 is 3.00 bits per heavy atom. The van der Waals surface area contributed by atoms with Crippen LogP contribution in [0.5, 0.6) is 0 Å². The van der Waals surface area contributed by atoms with Gasteiger partial charge in [-0.2, -0.15) is 15.4 Å². The number of benzene rings is 1. The normalized spacial score (nSPS) is 28.6. The first-order valence-electron chi connectivity index (χ1n) is 7.60. The average Bonchev–Trinajstić information content (AvgIpc) is 3.18. The van der Waals surface area contributed by atoms with Crippen LogP contribution in [0.3, 0.4) is 0 Å². The predicted octanol–water partition coefficient (Wildman–Crippen LogP) is 0.714. The molecule has 1 amide bonds. The van der Waals surface area contributed by atoms with Gasteiger partial charge in [0.2, 0.25) is 0 Å². The Morgan fingerprint density at radius 2 is 2.23 bits per heavy atom. The van der Waals surface area contributed by atoms with Crippen molar-refractivity contribution in [2.75, 3.05) is 19.7 Å². The topological polar surface area (TPSA) is 91.3 Å². The zero-order valence-electron chi connectivity index (χ0n) is 12.2. The van der Waals surface area contributed by atoms with E-state index in [1.807, 2.05) is 0 Å². The Labute approximate surface area is 127 Å². The van der Waals surface area contributed by atoms with Crippen molar-refractivity contribution in [3.8, 4) is 0 Å². The van der Waals surface area contributed by atoms with E-state index < -0.39 is 11.7 Å². The molecule has 2 aromatic rings. The second-order valence-corrected chi connectivity index (χ2v) is 6.06. The van der Waals surface area contributed by atoms with E-state index in [2.05, 4.69) is 15.4 Å². The molecule has 116 valence electrons. The Kier molecular flexibility index (Phi) is 3.12. The van der Waals surface area contributed by atoms with Crippen LogP contribution in [-0.4, -0.2) is 62.7 Å². The van der Waals surface area contributed by atoms with Crippen LogP contribution < -0.4 is 0 Å². The number of nitrogens with one attached hydrogen (secondary N) is 1. The number of fused-ring (bicyclic) bond motifs is 1. The molecule has 1 aromatic carbocycles. The highest BCUT2D eigenvalue weighted by Gasteiger charge is 2.46. The molecule has 1 spiro atoms. The van der Waals surface area contributed by atoms with Gasteiger partial charge in [-0.05, 0) is 37.5 Å². The van der Waals surface area contributed by atoms with E-state index in [4.69, 9.17) is 4.74 Å². The van der Waals surface area contributed by atoms with Crippen molar-refractivity contribution in [2.45, 2.75) is 31.0 Å². The van der Waals surface area contributed by atoms with Crippen LogP contribution in [0.1, 0.15) is 29.6 Å². The van der Waals surface area contributed by atoms with Crippen LogP contribution in [0.25, 0.3) is 11.0 Å². The molecule has 3 heterocycles. The van der Waals surface area contributed by atoms with Crippen LogP contribution in [-0.2, 0) is 4.74 Å². The molecule has 7 nitrogen and oxygen atoms in total. The first-order chi connectivity index (χ1) is 10.7. The zero-order chi connectivity index (χ0) is 15.2. The molecular formula is C15H18N4O3. The van der Waals surface area contributed by atoms with Crippen LogP contribution in [0, 0.1) is 0 Å². The molecule has 0 aliphatic carbocycles. The Hall–Kier alpha value is -1.99. The summed E-state index contributed by atoms with van der Waals surface area (Å²) in [4.78, 5) is 14.3. The number of amides is 1. The SMILES string of the molecule is O=C(c1ccc2n[nH]nc2c1)N1CC[C@@]2(CCCO2)[C@@H](O)C1. The minimum atomic E-state index is -0.622. The number of ether oxygens (including phenoxy) is 1. The van der Waals surface area contributed by atoms with E-state index >= 15 is 0 Å². The highest BCUT2D eigenvalue weighted by molar-refractivity contribution is 5.97.